The number of carboxylic acids is 1. The molecule has 0 aromatic heterocycles. The van der Waals surface area contributed by atoms with E-state index < -0.39 is 27.8 Å². The fraction of sp³-hybridized carbons (Fsp3) is 0.385. The largest absolute Gasteiger partial charge is 0.481 e. The van der Waals surface area contributed by atoms with E-state index in [1.165, 1.54) is 25.1 Å². The van der Waals surface area contributed by atoms with Crippen LogP contribution in [0.15, 0.2) is 23.1 Å². The number of aliphatic carboxylic acids is 1. The van der Waals surface area contributed by atoms with Crippen molar-refractivity contribution in [2.24, 2.45) is 5.92 Å². The summed E-state index contributed by atoms with van der Waals surface area (Å²) >= 11 is 0. The van der Waals surface area contributed by atoms with Gasteiger partial charge in [0, 0.05) is 12.2 Å². The maximum atomic E-state index is 12.1. The number of nitrogens with one attached hydrogen (secondary N) is 2. The SMILES string of the molecule is CC(CNS(=O)(=O)c1ccc2c(c1)C(C)C(=O)N2)C(=O)O. The van der Waals surface area contributed by atoms with Crippen LogP contribution < -0.4 is 10.0 Å². The van der Waals surface area contributed by atoms with E-state index in [0.29, 0.717) is 11.3 Å². The summed E-state index contributed by atoms with van der Waals surface area (Å²) in [4.78, 5) is 22.3. The zero-order valence-electron chi connectivity index (χ0n) is 11.6. The molecule has 1 aliphatic rings. The molecule has 1 aromatic carbocycles. The maximum Gasteiger partial charge on any atom is 0.307 e. The minimum Gasteiger partial charge on any atom is -0.481 e. The van der Waals surface area contributed by atoms with Crippen molar-refractivity contribution in [2.45, 2.75) is 24.7 Å². The van der Waals surface area contributed by atoms with Gasteiger partial charge in [-0.2, -0.15) is 0 Å². The molecule has 3 N–H and O–H groups in total. The number of carboxylic acid groups (broad SMARTS) is 1. The number of carbonyl (C=O) groups excluding carboxylic acids is 1. The van der Waals surface area contributed by atoms with Gasteiger partial charge in [-0.3, -0.25) is 9.59 Å². The van der Waals surface area contributed by atoms with Gasteiger partial charge in [0.2, 0.25) is 15.9 Å². The van der Waals surface area contributed by atoms with Gasteiger partial charge in [-0.05, 0) is 30.7 Å². The zero-order chi connectivity index (χ0) is 15.8. The Kier molecular flexibility index (Phi) is 4.02. The van der Waals surface area contributed by atoms with Crippen LogP contribution in [0.5, 0.6) is 0 Å². The van der Waals surface area contributed by atoms with E-state index >= 15 is 0 Å². The molecule has 2 atom stereocenters. The number of hydrogen-bond acceptors (Lipinski definition) is 4. The summed E-state index contributed by atoms with van der Waals surface area (Å²) in [6.07, 6.45) is 0. The van der Waals surface area contributed by atoms with Gasteiger partial charge in [0.05, 0.1) is 16.7 Å². The predicted molar refractivity (Wildman–Crippen MR) is 75.5 cm³/mol. The van der Waals surface area contributed by atoms with Gasteiger partial charge in [-0.1, -0.05) is 6.92 Å². The van der Waals surface area contributed by atoms with E-state index in [0.717, 1.165) is 0 Å². The second-order valence-electron chi connectivity index (χ2n) is 5.05. The van der Waals surface area contributed by atoms with E-state index in [9.17, 15) is 18.0 Å². The third-order valence-corrected chi connectivity index (χ3v) is 4.87. The number of rotatable bonds is 5. The van der Waals surface area contributed by atoms with Crippen LogP contribution in [0.25, 0.3) is 0 Å². The van der Waals surface area contributed by atoms with Gasteiger partial charge in [-0.25, -0.2) is 13.1 Å². The average molecular weight is 312 g/mol. The lowest BCUT2D eigenvalue weighted by atomic mass is 10.0. The number of anilines is 1. The van der Waals surface area contributed by atoms with E-state index in [-0.39, 0.29) is 17.3 Å². The van der Waals surface area contributed by atoms with E-state index in [2.05, 4.69) is 10.0 Å². The van der Waals surface area contributed by atoms with Crippen LogP contribution in [0, 0.1) is 5.92 Å². The molecular weight excluding hydrogens is 296 g/mol. The first-order chi connectivity index (χ1) is 9.72. The quantitative estimate of drug-likeness (QED) is 0.742. The Labute approximate surface area is 122 Å². The number of carbonyl (C=O) groups is 2. The maximum absolute atomic E-state index is 12.1. The molecule has 21 heavy (non-hydrogen) atoms. The highest BCUT2D eigenvalue weighted by atomic mass is 32.2. The Hall–Kier alpha value is -1.93. The fourth-order valence-electron chi connectivity index (χ4n) is 1.97. The normalized spacial score (nSPS) is 19.0. The molecule has 1 aromatic rings. The molecular formula is C13H16N2O5S. The topological polar surface area (TPSA) is 113 Å². The summed E-state index contributed by atoms with van der Waals surface area (Å²) in [5.41, 5.74) is 1.22. The van der Waals surface area contributed by atoms with E-state index in [4.69, 9.17) is 5.11 Å². The van der Waals surface area contributed by atoms with Crippen LogP contribution in [0.4, 0.5) is 5.69 Å². The first kappa shape index (κ1) is 15.5. The summed E-state index contributed by atoms with van der Waals surface area (Å²) in [7, 11) is -3.80. The highest BCUT2D eigenvalue weighted by Crippen LogP contribution is 2.33. The molecule has 2 unspecified atom stereocenters. The van der Waals surface area contributed by atoms with Crippen LogP contribution in [0.2, 0.25) is 0 Å². The first-order valence-corrected chi connectivity index (χ1v) is 7.88. The van der Waals surface area contributed by atoms with Crippen LogP contribution in [0.1, 0.15) is 25.3 Å². The zero-order valence-corrected chi connectivity index (χ0v) is 12.4. The van der Waals surface area contributed by atoms with E-state index in [1.807, 2.05) is 0 Å². The second-order valence-corrected chi connectivity index (χ2v) is 6.82. The molecule has 8 heteroatoms. The molecule has 0 saturated carbocycles. The summed E-state index contributed by atoms with van der Waals surface area (Å²) < 4.78 is 26.5. The molecule has 0 spiro atoms. The lowest BCUT2D eigenvalue weighted by molar-refractivity contribution is -0.140. The molecule has 1 aliphatic heterocycles. The molecule has 0 aliphatic carbocycles. The first-order valence-electron chi connectivity index (χ1n) is 6.39. The van der Waals surface area contributed by atoms with Crippen molar-refractivity contribution < 1.29 is 23.1 Å². The van der Waals surface area contributed by atoms with Crippen LogP contribution in [-0.4, -0.2) is 31.9 Å². The van der Waals surface area contributed by atoms with Gasteiger partial charge in [0.1, 0.15) is 0 Å². The fourth-order valence-corrected chi connectivity index (χ4v) is 3.13. The monoisotopic (exact) mass is 312 g/mol. The third-order valence-electron chi connectivity index (χ3n) is 3.45. The predicted octanol–water partition coefficient (Wildman–Crippen LogP) is 0.741. The molecule has 0 bridgehead atoms. The highest BCUT2D eigenvalue weighted by molar-refractivity contribution is 7.89. The Bertz CT molecular complexity index is 699. The van der Waals surface area contributed by atoms with Crippen molar-refractivity contribution in [3.05, 3.63) is 23.8 Å². The minimum absolute atomic E-state index is 0.0159. The van der Waals surface area contributed by atoms with Crippen molar-refractivity contribution >= 4 is 27.6 Å². The minimum atomic E-state index is -3.80. The number of amides is 1. The number of fused-ring (bicyclic) bond motifs is 1. The Balaban J connectivity index is 2.22. The highest BCUT2D eigenvalue weighted by Gasteiger charge is 2.28. The standard InChI is InChI=1S/C13H16N2O5S/c1-7(13(17)18)6-14-21(19,20)9-3-4-11-10(5-9)8(2)12(16)15-11/h3-5,7-8,14H,6H2,1-2H3,(H,15,16)(H,17,18). The Morgan fingerprint density at radius 3 is 2.76 bits per heavy atom. The van der Waals surface area contributed by atoms with Crippen molar-refractivity contribution in [2.75, 3.05) is 11.9 Å². The molecule has 0 saturated heterocycles. The van der Waals surface area contributed by atoms with Crippen LogP contribution in [0.3, 0.4) is 0 Å². The van der Waals surface area contributed by atoms with Crippen LogP contribution in [-0.2, 0) is 19.6 Å². The molecule has 7 nitrogen and oxygen atoms in total. The molecule has 0 radical (unpaired) electrons. The number of hydrogen-bond donors (Lipinski definition) is 3. The molecule has 114 valence electrons. The summed E-state index contributed by atoms with van der Waals surface area (Å²) in [5.74, 6) is -2.48. The molecule has 1 amide bonds. The lowest BCUT2D eigenvalue weighted by Gasteiger charge is -2.11. The van der Waals surface area contributed by atoms with Crippen molar-refractivity contribution in [3.63, 3.8) is 0 Å². The summed E-state index contributed by atoms with van der Waals surface area (Å²) in [5, 5.41) is 11.4. The van der Waals surface area contributed by atoms with Crippen molar-refractivity contribution in [3.8, 4) is 0 Å². The second kappa shape index (κ2) is 5.45. The third kappa shape index (κ3) is 3.06. The Morgan fingerprint density at radius 2 is 2.14 bits per heavy atom. The lowest BCUT2D eigenvalue weighted by Crippen LogP contribution is -2.31. The Morgan fingerprint density at radius 1 is 1.48 bits per heavy atom. The van der Waals surface area contributed by atoms with Crippen molar-refractivity contribution in [1.29, 1.82) is 0 Å². The number of sulfonamides is 1. The van der Waals surface area contributed by atoms with E-state index in [1.54, 1.807) is 6.92 Å². The molecule has 0 fully saturated rings. The summed E-state index contributed by atoms with van der Waals surface area (Å²) in [6, 6.07) is 4.35. The smallest absolute Gasteiger partial charge is 0.307 e. The van der Waals surface area contributed by atoms with Crippen LogP contribution >= 0.6 is 0 Å². The van der Waals surface area contributed by atoms with Gasteiger partial charge in [0.25, 0.3) is 0 Å². The van der Waals surface area contributed by atoms with Gasteiger partial charge < -0.3 is 10.4 Å². The van der Waals surface area contributed by atoms with Gasteiger partial charge in [-0.15, -0.1) is 0 Å². The summed E-state index contributed by atoms with van der Waals surface area (Å²) in [6.45, 7) is 2.91. The van der Waals surface area contributed by atoms with Gasteiger partial charge in [0.15, 0.2) is 0 Å². The molecule has 1 heterocycles. The van der Waals surface area contributed by atoms with Crippen molar-refractivity contribution in [1.82, 2.24) is 4.72 Å². The average Bonchev–Trinajstić information content (AvgIpc) is 2.71. The van der Waals surface area contributed by atoms with Gasteiger partial charge >= 0.3 is 5.97 Å². The molecule has 2 rings (SSSR count). The number of benzene rings is 1.